The maximum Gasteiger partial charge on any atom is 0.124 e. The Morgan fingerprint density at radius 3 is 2.93 bits per heavy atom. The fraction of sp³-hybridized carbons (Fsp3) is 0.800. The lowest BCUT2D eigenvalue weighted by Gasteiger charge is -2.46. The van der Waals surface area contributed by atoms with Gasteiger partial charge >= 0.3 is 0 Å². The Morgan fingerprint density at radius 2 is 2.22 bits per heavy atom. The lowest BCUT2D eigenvalue weighted by molar-refractivity contribution is 0.105. The smallest absolute Gasteiger partial charge is 0.124 e. The van der Waals surface area contributed by atoms with Crippen molar-refractivity contribution in [2.45, 2.75) is 64.5 Å². The van der Waals surface area contributed by atoms with Crippen LogP contribution in [0.1, 0.15) is 40.0 Å². The Morgan fingerprint density at radius 1 is 1.41 bits per heavy atom. The van der Waals surface area contributed by atoms with Crippen LogP contribution in [-0.2, 0) is 0 Å². The standard InChI is InChI=1S/C20H37FN6/c1-14(2)4-10-25-18-13-26-20(16-6-9-24-12-17(16)21)19(27-18)15(3)5-8-23-11-7-22/h7-9,11,14-20,25-27H,4-6,10,12-13,22H2,1-3H3/b11-7-,23-8?/t15-,16-,17+,18-,19-,20?/m0/s1. The number of nitrogens with zero attached hydrogens (tertiary/aromatic N) is 2. The van der Waals surface area contributed by atoms with E-state index in [0.717, 1.165) is 25.9 Å². The highest BCUT2D eigenvalue weighted by Crippen LogP contribution is 2.27. The number of nitrogens with two attached hydrogens (primary N) is 1. The average molecular weight is 381 g/mol. The zero-order valence-electron chi connectivity index (χ0n) is 16.9. The van der Waals surface area contributed by atoms with Crippen molar-refractivity contribution in [1.29, 1.82) is 0 Å². The Bertz CT molecular complexity index is 507. The van der Waals surface area contributed by atoms with E-state index in [-0.39, 0.29) is 30.7 Å². The second kappa shape index (κ2) is 11.5. The summed E-state index contributed by atoms with van der Waals surface area (Å²) in [6.45, 7) is 8.73. The van der Waals surface area contributed by atoms with Gasteiger partial charge < -0.3 is 16.4 Å². The minimum atomic E-state index is -0.886. The van der Waals surface area contributed by atoms with E-state index in [0.29, 0.717) is 18.3 Å². The molecule has 154 valence electrons. The van der Waals surface area contributed by atoms with Crippen LogP contribution < -0.4 is 21.7 Å². The van der Waals surface area contributed by atoms with Crippen LogP contribution in [0.4, 0.5) is 4.39 Å². The van der Waals surface area contributed by atoms with E-state index in [1.807, 2.05) is 12.4 Å². The molecule has 0 saturated carbocycles. The molecule has 0 aromatic heterocycles. The lowest BCUT2D eigenvalue weighted by Crippen LogP contribution is -2.69. The number of hydrogen-bond donors (Lipinski definition) is 4. The van der Waals surface area contributed by atoms with Gasteiger partial charge in [-0.2, -0.15) is 0 Å². The van der Waals surface area contributed by atoms with Crippen LogP contribution >= 0.6 is 0 Å². The molecule has 27 heavy (non-hydrogen) atoms. The summed E-state index contributed by atoms with van der Waals surface area (Å²) in [5.41, 5.74) is 5.33. The van der Waals surface area contributed by atoms with Crippen LogP contribution in [0.2, 0.25) is 0 Å². The summed E-state index contributed by atoms with van der Waals surface area (Å²) in [7, 11) is 0. The van der Waals surface area contributed by atoms with Crippen LogP contribution in [0.3, 0.4) is 0 Å². The molecule has 0 amide bonds. The number of alkyl halides is 1. The monoisotopic (exact) mass is 380 g/mol. The van der Waals surface area contributed by atoms with Crippen LogP contribution in [0.25, 0.3) is 0 Å². The van der Waals surface area contributed by atoms with Gasteiger partial charge in [0.1, 0.15) is 6.17 Å². The predicted molar refractivity (Wildman–Crippen MR) is 112 cm³/mol. The van der Waals surface area contributed by atoms with Gasteiger partial charge in [-0.15, -0.1) is 0 Å². The molecular weight excluding hydrogens is 343 g/mol. The van der Waals surface area contributed by atoms with Crippen molar-refractivity contribution in [2.24, 2.45) is 33.5 Å². The molecule has 1 saturated heterocycles. The number of hydrogen-bond acceptors (Lipinski definition) is 6. The second-order valence-corrected chi connectivity index (χ2v) is 8.17. The number of aliphatic imine (C=N–C) groups is 2. The van der Waals surface area contributed by atoms with E-state index in [1.54, 1.807) is 6.20 Å². The fourth-order valence-electron chi connectivity index (χ4n) is 3.90. The molecule has 0 bridgehead atoms. The largest absolute Gasteiger partial charge is 0.403 e. The maximum atomic E-state index is 14.6. The molecule has 1 unspecified atom stereocenters. The summed E-state index contributed by atoms with van der Waals surface area (Å²) in [6, 6.07) is 0.252. The number of rotatable bonds is 9. The molecule has 2 rings (SSSR count). The molecule has 0 spiro atoms. The van der Waals surface area contributed by atoms with E-state index in [2.05, 4.69) is 46.7 Å². The Kier molecular flexibility index (Phi) is 9.38. The molecule has 2 aliphatic heterocycles. The van der Waals surface area contributed by atoms with E-state index < -0.39 is 6.17 Å². The van der Waals surface area contributed by atoms with Gasteiger partial charge in [0.15, 0.2) is 0 Å². The minimum absolute atomic E-state index is 0.0417. The summed E-state index contributed by atoms with van der Waals surface area (Å²) in [5, 5.41) is 11.0. The van der Waals surface area contributed by atoms with Crippen LogP contribution in [0.15, 0.2) is 22.4 Å². The highest BCUT2D eigenvalue weighted by molar-refractivity contribution is 5.59. The van der Waals surface area contributed by atoms with Gasteiger partial charge in [0.2, 0.25) is 0 Å². The van der Waals surface area contributed by atoms with Gasteiger partial charge in [0.25, 0.3) is 0 Å². The van der Waals surface area contributed by atoms with Crippen molar-refractivity contribution in [3.05, 3.63) is 12.4 Å². The predicted octanol–water partition coefficient (Wildman–Crippen LogP) is 1.83. The molecule has 7 heteroatoms. The molecule has 0 aromatic carbocycles. The average Bonchev–Trinajstić information content (AvgIpc) is 2.65. The van der Waals surface area contributed by atoms with Gasteiger partial charge in [-0.25, -0.2) is 4.39 Å². The van der Waals surface area contributed by atoms with Crippen LogP contribution in [-0.4, -0.2) is 56.5 Å². The minimum Gasteiger partial charge on any atom is -0.403 e. The van der Waals surface area contributed by atoms with E-state index >= 15 is 0 Å². The van der Waals surface area contributed by atoms with Crippen molar-refractivity contribution in [1.82, 2.24) is 16.0 Å². The molecule has 0 aromatic rings. The van der Waals surface area contributed by atoms with Crippen molar-refractivity contribution in [3.8, 4) is 0 Å². The zero-order valence-corrected chi connectivity index (χ0v) is 16.9. The first-order chi connectivity index (χ1) is 13.0. The molecule has 1 fully saturated rings. The van der Waals surface area contributed by atoms with Crippen molar-refractivity contribution in [2.75, 3.05) is 19.6 Å². The van der Waals surface area contributed by atoms with Crippen molar-refractivity contribution >= 4 is 12.4 Å². The Balaban J connectivity index is 2.02. The number of halogens is 1. The maximum absolute atomic E-state index is 14.6. The Labute approximate surface area is 163 Å². The number of nitrogens with one attached hydrogen (secondary N) is 3. The third kappa shape index (κ3) is 6.97. The normalized spacial score (nSPS) is 33.3. The molecule has 2 aliphatic rings. The molecule has 0 radical (unpaired) electrons. The van der Waals surface area contributed by atoms with Gasteiger partial charge in [-0.3, -0.25) is 15.3 Å². The Hall–Kier alpha value is -1.31. The first-order valence-electron chi connectivity index (χ1n) is 10.3. The van der Waals surface area contributed by atoms with Gasteiger partial charge in [0.05, 0.1) is 12.7 Å². The molecule has 2 heterocycles. The summed E-state index contributed by atoms with van der Waals surface area (Å²) < 4.78 is 14.6. The highest BCUT2D eigenvalue weighted by Gasteiger charge is 2.40. The van der Waals surface area contributed by atoms with E-state index in [9.17, 15) is 4.39 Å². The first kappa shape index (κ1) is 22.0. The molecule has 0 aliphatic carbocycles. The van der Waals surface area contributed by atoms with Crippen LogP contribution in [0.5, 0.6) is 0 Å². The molecular formula is C20H37FN6. The van der Waals surface area contributed by atoms with Crippen molar-refractivity contribution < 1.29 is 4.39 Å². The summed E-state index contributed by atoms with van der Waals surface area (Å²) in [6.07, 6.45) is 8.74. The highest BCUT2D eigenvalue weighted by atomic mass is 19.1. The third-order valence-corrected chi connectivity index (χ3v) is 5.53. The van der Waals surface area contributed by atoms with Crippen LogP contribution in [0, 0.1) is 17.8 Å². The van der Waals surface area contributed by atoms with Gasteiger partial charge in [-0.1, -0.05) is 20.8 Å². The fourth-order valence-corrected chi connectivity index (χ4v) is 3.90. The van der Waals surface area contributed by atoms with Gasteiger partial charge in [-0.05, 0) is 43.9 Å². The lowest BCUT2D eigenvalue weighted by atomic mass is 9.79. The molecule has 6 nitrogen and oxygen atoms in total. The molecule has 5 N–H and O–H groups in total. The summed E-state index contributed by atoms with van der Waals surface area (Å²) >= 11 is 0. The van der Waals surface area contributed by atoms with E-state index in [1.165, 1.54) is 6.20 Å². The zero-order chi connectivity index (χ0) is 19.6. The summed E-state index contributed by atoms with van der Waals surface area (Å²) in [4.78, 5) is 8.29. The first-order valence-corrected chi connectivity index (χ1v) is 10.3. The topological polar surface area (TPSA) is 86.8 Å². The van der Waals surface area contributed by atoms with Crippen molar-refractivity contribution in [3.63, 3.8) is 0 Å². The SMILES string of the molecule is CC(C)CCN[C@@H]1CNC([C@H]2CC=NC[C@H]2F)[C@H]([C@@H](C)CC=N/C=C\N)N1. The van der Waals surface area contributed by atoms with E-state index in [4.69, 9.17) is 5.73 Å². The molecule has 6 atom stereocenters. The number of piperazine rings is 1. The van der Waals surface area contributed by atoms with Gasteiger partial charge in [0, 0.05) is 43.2 Å². The second-order valence-electron chi connectivity index (χ2n) is 8.17. The summed E-state index contributed by atoms with van der Waals surface area (Å²) in [5.74, 6) is 0.954. The third-order valence-electron chi connectivity index (χ3n) is 5.53. The quantitative estimate of drug-likeness (QED) is 0.460.